The summed E-state index contributed by atoms with van der Waals surface area (Å²) >= 11 is 0. The summed E-state index contributed by atoms with van der Waals surface area (Å²) in [6.07, 6.45) is -0.303. The summed E-state index contributed by atoms with van der Waals surface area (Å²) in [5.41, 5.74) is 0. The number of nitrogens with zero attached hydrogens (tertiary/aromatic N) is 4. The van der Waals surface area contributed by atoms with Crippen molar-refractivity contribution in [3.8, 4) is 0 Å². The number of nitrogens with one attached hydrogen (secondary N) is 3. The molecule has 0 spiro atoms. The van der Waals surface area contributed by atoms with Crippen molar-refractivity contribution in [2.45, 2.75) is 37.9 Å². The number of carboxylic acids is 1. The van der Waals surface area contributed by atoms with Crippen molar-refractivity contribution in [2.75, 3.05) is 99.2 Å². The van der Waals surface area contributed by atoms with Crippen molar-refractivity contribution < 1.29 is 49.1 Å². The minimum atomic E-state index is -1.43. The molecule has 17 heteroatoms. The Bertz CT molecular complexity index is 1130. The second-order valence-corrected chi connectivity index (χ2v) is 12.7. The second-order valence-electron chi connectivity index (χ2n) is 12.7. The third-order valence-electron chi connectivity index (χ3n) is 8.94. The summed E-state index contributed by atoms with van der Waals surface area (Å²) in [5, 5.41) is 46.6. The monoisotopic (exact) mass is 669 g/mol. The molecule has 3 amide bonds. The Hall–Kier alpha value is -3.51. The Morgan fingerprint density at radius 1 is 0.809 bits per heavy atom. The number of cyclic esters (lactones) is 1. The lowest BCUT2D eigenvalue weighted by molar-refractivity contribution is -0.146. The summed E-state index contributed by atoms with van der Waals surface area (Å²) in [6, 6.07) is 0. The fourth-order valence-electron chi connectivity index (χ4n) is 5.77. The quantitative estimate of drug-likeness (QED) is 0.105. The molecule has 1 aliphatic carbocycles. The van der Waals surface area contributed by atoms with Crippen molar-refractivity contribution in [1.29, 1.82) is 0 Å². The van der Waals surface area contributed by atoms with Gasteiger partial charge in [0.2, 0.25) is 23.5 Å². The maximum atomic E-state index is 12.7. The molecule has 2 atom stereocenters. The van der Waals surface area contributed by atoms with Gasteiger partial charge in [-0.05, 0) is 45.7 Å². The standard InChI is InChI=1S/C30H51N7O10/c1-34-7-8-35(2)10-12-37(19-25(41)42)14-13-36(11-9-34)18-24(40)32-17-23(39)31-15-20-3-5-21(6-4-20)29(45)33-16-22(38)28-26(43)27(44)30(46)47-28/h20-22,28,38,43-44H,3-19H2,1-2H3,(H,31,39)(H,32,40)(H,33,45)(H,41,42). The van der Waals surface area contributed by atoms with Gasteiger partial charge >= 0.3 is 11.9 Å². The number of ether oxygens (including phenoxy) is 1. The predicted octanol–water partition coefficient (Wildman–Crippen LogP) is -2.68. The SMILES string of the molecule is CN1CCN(C)CCN(CC(=O)NCC(=O)NCC2CCC(C(=O)NCC(O)C3OC(=O)C(O)=C3O)CC2)CCN(CC(=O)O)CC1. The number of aliphatic carboxylic acids is 1. The van der Waals surface area contributed by atoms with E-state index in [4.69, 9.17) is 4.74 Å². The van der Waals surface area contributed by atoms with Gasteiger partial charge in [0.15, 0.2) is 11.9 Å². The van der Waals surface area contributed by atoms with Crippen molar-refractivity contribution in [3.63, 3.8) is 0 Å². The highest BCUT2D eigenvalue weighted by molar-refractivity contribution is 5.89. The molecule has 3 rings (SSSR count). The fraction of sp³-hybridized carbons (Fsp3) is 0.767. The average molecular weight is 670 g/mol. The van der Waals surface area contributed by atoms with Crippen LogP contribution in [0.5, 0.6) is 0 Å². The summed E-state index contributed by atoms with van der Waals surface area (Å²) in [6.45, 7) is 5.48. The third-order valence-corrected chi connectivity index (χ3v) is 8.94. The lowest BCUT2D eigenvalue weighted by atomic mass is 9.81. The summed E-state index contributed by atoms with van der Waals surface area (Å²) in [4.78, 5) is 68.7. The number of carbonyl (C=O) groups excluding carboxylic acids is 4. The number of hydrogen-bond acceptors (Lipinski definition) is 13. The molecule has 1 saturated heterocycles. The second kappa shape index (κ2) is 18.7. The Labute approximate surface area is 274 Å². The van der Waals surface area contributed by atoms with Crippen LogP contribution in [0.1, 0.15) is 25.7 Å². The van der Waals surface area contributed by atoms with Crippen LogP contribution >= 0.6 is 0 Å². The number of carboxylic acid groups (broad SMARTS) is 1. The van der Waals surface area contributed by atoms with Gasteiger partial charge in [-0.1, -0.05) is 0 Å². The molecular formula is C30H51N7O10. The molecule has 1 saturated carbocycles. The van der Waals surface area contributed by atoms with Gasteiger partial charge in [-0.25, -0.2) is 4.79 Å². The zero-order valence-corrected chi connectivity index (χ0v) is 27.4. The first kappa shape index (κ1) is 37.9. The van der Waals surface area contributed by atoms with Crippen LogP contribution in [0.2, 0.25) is 0 Å². The Balaban J connectivity index is 1.33. The molecule has 17 nitrogen and oxygen atoms in total. The number of aliphatic hydroxyl groups is 3. The van der Waals surface area contributed by atoms with Crippen molar-refractivity contribution in [3.05, 3.63) is 11.5 Å². The largest absolute Gasteiger partial charge is 0.505 e. The molecule has 266 valence electrons. The molecule has 7 N–H and O–H groups in total. The highest BCUT2D eigenvalue weighted by Gasteiger charge is 2.39. The summed E-state index contributed by atoms with van der Waals surface area (Å²) in [7, 11) is 4.05. The summed E-state index contributed by atoms with van der Waals surface area (Å²) < 4.78 is 4.70. The highest BCUT2D eigenvalue weighted by atomic mass is 16.6. The average Bonchev–Trinajstić information content (AvgIpc) is 3.30. The van der Waals surface area contributed by atoms with E-state index in [0.717, 1.165) is 26.2 Å². The number of likely N-dealkylation sites (N-methyl/N-ethyl adjacent to an activating group) is 2. The number of aliphatic hydroxyl groups excluding tert-OH is 3. The molecular weight excluding hydrogens is 618 g/mol. The lowest BCUT2D eigenvalue weighted by Crippen LogP contribution is -2.48. The van der Waals surface area contributed by atoms with Gasteiger partial charge in [-0.15, -0.1) is 0 Å². The van der Waals surface area contributed by atoms with Crippen LogP contribution < -0.4 is 16.0 Å². The van der Waals surface area contributed by atoms with Crippen LogP contribution in [0, 0.1) is 11.8 Å². The van der Waals surface area contributed by atoms with Gasteiger partial charge in [-0.3, -0.25) is 29.0 Å². The van der Waals surface area contributed by atoms with E-state index in [1.54, 1.807) is 0 Å². The van der Waals surface area contributed by atoms with Crippen LogP contribution in [-0.4, -0.2) is 181 Å². The van der Waals surface area contributed by atoms with Crippen molar-refractivity contribution in [1.82, 2.24) is 35.6 Å². The van der Waals surface area contributed by atoms with E-state index in [-0.39, 0.29) is 55.7 Å². The maximum absolute atomic E-state index is 12.7. The Morgan fingerprint density at radius 3 is 1.91 bits per heavy atom. The Morgan fingerprint density at radius 2 is 1.36 bits per heavy atom. The van der Waals surface area contributed by atoms with Gasteiger partial charge in [0, 0.05) is 71.4 Å². The van der Waals surface area contributed by atoms with Crippen molar-refractivity contribution >= 4 is 29.7 Å². The molecule has 0 radical (unpaired) electrons. The van der Waals surface area contributed by atoms with E-state index < -0.39 is 35.7 Å². The topological polar surface area (TPSA) is 225 Å². The van der Waals surface area contributed by atoms with Gasteiger partial charge in [0.25, 0.3) is 0 Å². The first-order chi connectivity index (χ1) is 22.3. The first-order valence-electron chi connectivity index (χ1n) is 16.2. The van der Waals surface area contributed by atoms with Gasteiger partial charge in [0.1, 0.15) is 6.10 Å². The molecule has 3 aliphatic rings. The molecule has 47 heavy (non-hydrogen) atoms. The number of esters is 1. The minimum Gasteiger partial charge on any atom is -0.505 e. The van der Waals surface area contributed by atoms with Crippen molar-refractivity contribution in [2.24, 2.45) is 11.8 Å². The first-order valence-corrected chi connectivity index (χ1v) is 16.2. The van der Waals surface area contributed by atoms with Crippen LogP contribution in [-0.2, 0) is 28.7 Å². The third kappa shape index (κ3) is 12.9. The van der Waals surface area contributed by atoms with Crippen LogP contribution in [0.3, 0.4) is 0 Å². The van der Waals surface area contributed by atoms with E-state index in [1.807, 2.05) is 23.9 Å². The predicted molar refractivity (Wildman–Crippen MR) is 168 cm³/mol. The van der Waals surface area contributed by atoms with E-state index >= 15 is 0 Å². The number of carbonyl (C=O) groups is 5. The van der Waals surface area contributed by atoms with E-state index in [2.05, 4.69) is 25.8 Å². The normalized spacial score (nSPS) is 25.3. The Kier molecular flexibility index (Phi) is 15.1. The molecule has 2 unspecified atom stereocenters. The van der Waals surface area contributed by atoms with E-state index in [9.17, 15) is 44.4 Å². The zero-order chi connectivity index (χ0) is 34.5. The van der Waals surface area contributed by atoms with E-state index in [0.29, 0.717) is 58.4 Å². The smallest absolute Gasteiger partial charge is 0.377 e. The molecule has 0 aromatic carbocycles. The number of rotatable bonds is 12. The zero-order valence-electron chi connectivity index (χ0n) is 27.4. The molecule has 2 fully saturated rings. The van der Waals surface area contributed by atoms with E-state index in [1.165, 1.54) is 0 Å². The van der Waals surface area contributed by atoms with Gasteiger partial charge in [-0.2, -0.15) is 0 Å². The number of hydrogen-bond donors (Lipinski definition) is 7. The molecule has 2 heterocycles. The summed E-state index contributed by atoms with van der Waals surface area (Å²) in [5.74, 6) is -4.76. The molecule has 2 aliphatic heterocycles. The lowest BCUT2D eigenvalue weighted by Gasteiger charge is -2.31. The molecule has 0 aromatic heterocycles. The van der Waals surface area contributed by atoms with Crippen LogP contribution in [0.15, 0.2) is 11.5 Å². The van der Waals surface area contributed by atoms with Crippen LogP contribution in [0.25, 0.3) is 0 Å². The highest BCUT2D eigenvalue weighted by Crippen LogP contribution is 2.28. The van der Waals surface area contributed by atoms with Gasteiger partial charge < -0.3 is 50.9 Å². The molecule has 0 aromatic rings. The van der Waals surface area contributed by atoms with Crippen LogP contribution in [0.4, 0.5) is 0 Å². The fourth-order valence-corrected chi connectivity index (χ4v) is 5.77. The molecule has 0 bridgehead atoms. The number of amides is 3. The maximum Gasteiger partial charge on any atom is 0.377 e. The van der Waals surface area contributed by atoms with Gasteiger partial charge in [0.05, 0.1) is 19.6 Å². The minimum absolute atomic E-state index is 0.0654.